The molecule has 0 bridgehead atoms. The summed E-state index contributed by atoms with van der Waals surface area (Å²) < 4.78 is 80.0. The molecular formula is C11H7F6IO2. The minimum atomic E-state index is -4.95. The molecule has 0 aliphatic rings. The normalized spacial score (nSPS) is 12.4. The number of carbonyl (C=O) groups excluding carboxylic acids is 1. The van der Waals surface area contributed by atoms with Crippen LogP contribution in [0.3, 0.4) is 0 Å². The molecule has 112 valence electrons. The quantitative estimate of drug-likeness (QED) is 0.406. The summed E-state index contributed by atoms with van der Waals surface area (Å²) in [4.78, 5) is 11.4. The standard InChI is InChI=1S/C11H7F6IO2/c1-2-20-9(19)5-3-7(11(15,16)17)8(18)4-6(5)10(12,13)14/h3-4H,2H2,1H3. The molecule has 0 fully saturated rings. The van der Waals surface area contributed by atoms with E-state index >= 15 is 0 Å². The summed E-state index contributed by atoms with van der Waals surface area (Å²) in [5, 5.41) is 0. The number of esters is 1. The van der Waals surface area contributed by atoms with E-state index in [1.54, 1.807) is 0 Å². The van der Waals surface area contributed by atoms with Crippen molar-refractivity contribution in [2.45, 2.75) is 19.3 Å². The van der Waals surface area contributed by atoms with Crippen molar-refractivity contribution < 1.29 is 35.9 Å². The fraction of sp³-hybridized carbons (Fsp3) is 0.364. The second kappa shape index (κ2) is 5.78. The van der Waals surface area contributed by atoms with Gasteiger partial charge in [0.1, 0.15) is 0 Å². The molecule has 0 aliphatic heterocycles. The van der Waals surface area contributed by atoms with Gasteiger partial charge >= 0.3 is 18.3 Å². The van der Waals surface area contributed by atoms with Gasteiger partial charge in [-0.25, -0.2) is 4.79 Å². The Morgan fingerprint density at radius 1 is 1.10 bits per heavy atom. The summed E-state index contributed by atoms with van der Waals surface area (Å²) in [6.45, 7) is 1.09. The van der Waals surface area contributed by atoms with E-state index in [2.05, 4.69) is 4.74 Å². The van der Waals surface area contributed by atoms with Gasteiger partial charge < -0.3 is 4.74 Å². The lowest BCUT2D eigenvalue weighted by atomic mass is 10.0. The van der Waals surface area contributed by atoms with Crippen LogP contribution in [0.1, 0.15) is 28.4 Å². The molecular weight excluding hydrogens is 405 g/mol. The first kappa shape index (κ1) is 17.1. The van der Waals surface area contributed by atoms with Crippen LogP contribution in [0, 0.1) is 3.57 Å². The van der Waals surface area contributed by atoms with Crippen molar-refractivity contribution in [2.75, 3.05) is 6.61 Å². The first-order chi connectivity index (χ1) is 8.98. The van der Waals surface area contributed by atoms with Gasteiger partial charge in [0.25, 0.3) is 0 Å². The van der Waals surface area contributed by atoms with Crippen LogP contribution in [0.15, 0.2) is 12.1 Å². The number of halogens is 7. The Morgan fingerprint density at radius 3 is 2.00 bits per heavy atom. The Hall–Kier alpha value is -1.00. The highest BCUT2D eigenvalue weighted by molar-refractivity contribution is 14.1. The molecule has 9 heteroatoms. The average Bonchev–Trinajstić information content (AvgIpc) is 2.25. The van der Waals surface area contributed by atoms with E-state index in [9.17, 15) is 31.1 Å². The van der Waals surface area contributed by atoms with Crippen LogP contribution >= 0.6 is 22.6 Å². The van der Waals surface area contributed by atoms with E-state index in [-0.39, 0.29) is 18.7 Å². The lowest BCUT2D eigenvalue weighted by Gasteiger charge is -2.16. The lowest BCUT2D eigenvalue weighted by molar-refractivity contribution is -0.142. The molecule has 0 heterocycles. The smallest absolute Gasteiger partial charge is 0.417 e. The fourth-order valence-corrected chi connectivity index (χ4v) is 2.18. The first-order valence-electron chi connectivity index (χ1n) is 5.13. The summed E-state index contributed by atoms with van der Waals surface area (Å²) in [6, 6.07) is 0.457. The van der Waals surface area contributed by atoms with Crippen LogP contribution in [-0.4, -0.2) is 12.6 Å². The third-order valence-electron chi connectivity index (χ3n) is 2.21. The zero-order valence-corrected chi connectivity index (χ0v) is 12.0. The highest BCUT2D eigenvalue weighted by atomic mass is 127. The third-order valence-corrected chi connectivity index (χ3v) is 3.11. The lowest BCUT2D eigenvalue weighted by Crippen LogP contribution is -2.18. The van der Waals surface area contributed by atoms with Crippen LogP contribution in [0.25, 0.3) is 0 Å². The first-order valence-corrected chi connectivity index (χ1v) is 6.21. The van der Waals surface area contributed by atoms with E-state index in [0.717, 1.165) is 22.6 Å². The van der Waals surface area contributed by atoms with Gasteiger partial charge in [0.15, 0.2) is 0 Å². The van der Waals surface area contributed by atoms with Gasteiger partial charge in [0, 0.05) is 3.57 Å². The van der Waals surface area contributed by atoms with Crippen molar-refractivity contribution in [3.8, 4) is 0 Å². The van der Waals surface area contributed by atoms with Crippen molar-refractivity contribution in [1.82, 2.24) is 0 Å². The average molecular weight is 412 g/mol. The maximum atomic E-state index is 12.8. The molecule has 0 saturated heterocycles. The second-order valence-electron chi connectivity index (χ2n) is 3.59. The van der Waals surface area contributed by atoms with Crippen LogP contribution < -0.4 is 0 Å². The maximum Gasteiger partial charge on any atom is 0.417 e. The van der Waals surface area contributed by atoms with Gasteiger partial charge in [-0.1, -0.05) is 0 Å². The Labute approximate surface area is 123 Å². The van der Waals surface area contributed by atoms with E-state index in [4.69, 9.17) is 0 Å². The molecule has 0 amide bonds. The molecule has 20 heavy (non-hydrogen) atoms. The van der Waals surface area contributed by atoms with Crippen LogP contribution in [-0.2, 0) is 17.1 Å². The molecule has 0 atom stereocenters. The van der Waals surface area contributed by atoms with Crippen molar-refractivity contribution >= 4 is 28.6 Å². The number of carbonyl (C=O) groups is 1. The van der Waals surface area contributed by atoms with E-state index < -0.39 is 38.6 Å². The summed E-state index contributed by atoms with van der Waals surface area (Å²) >= 11 is 1.14. The monoisotopic (exact) mass is 412 g/mol. The number of alkyl halides is 6. The van der Waals surface area contributed by atoms with Gasteiger partial charge in [-0.2, -0.15) is 26.3 Å². The minimum Gasteiger partial charge on any atom is -0.462 e. The second-order valence-corrected chi connectivity index (χ2v) is 4.76. The zero-order chi connectivity index (χ0) is 15.7. The molecule has 0 radical (unpaired) electrons. The van der Waals surface area contributed by atoms with E-state index in [0.29, 0.717) is 0 Å². The fourth-order valence-electron chi connectivity index (χ4n) is 1.40. The predicted molar refractivity (Wildman–Crippen MR) is 65.1 cm³/mol. The largest absolute Gasteiger partial charge is 0.462 e. The number of hydrogen-bond acceptors (Lipinski definition) is 2. The summed E-state index contributed by atoms with van der Waals surface area (Å²) in [5.41, 5.74) is -3.91. The summed E-state index contributed by atoms with van der Waals surface area (Å²) in [5.74, 6) is -1.44. The van der Waals surface area contributed by atoms with Crippen molar-refractivity contribution in [2.24, 2.45) is 0 Å². The van der Waals surface area contributed by atoms with Gasteiger partial charge in [-0.05, 0) is 41.6 Å². The highest BCUT2D eigenvalue weighted by Crippen LogP contribution is 2.39. The molecule has 1 aromatic carbocycles. The topological polar surface area (TPSA) is 26.3 Å². The Bertz CT molecular complexity index is 521. The SMILES string of the molecule is CCOC(=O)c1cc(C(F)(F)F)c(I)cc1C(F)(F)F. The molecule has 1 aromatic rings. The number of hydrogen-bond donors (Lipinski definition) is 0. The molecule has 0 spiro atoms. The van der Waals surface area contributed by atoms with Crippen molar-refractivity contribution in [1.29, 1.82) is 0 Å². The maximum absolute atomic E-state index is 12.8. The van der Waals surface area contributed by atoms with Gasteiger partial charge in [-0.3, -0.25) is 0 Å². The molecule has 2 nitrogen and oxygen atoms in total. The Balaban J connectivity index is 3.55. The molecule has 0 aliphatic carbocycles. The zero-order valence-electron chi connectivity index (χ0n) is 9.82. The molecule has 0 saturated carbocycles. The van der Waals surface area contributed by atoms with Crippen molar-refractivity contribution in [3.05, 3.63) is 32.4 Å². The van der Waals surface area contributed by atoms with Gasteiger partial charge in [-0.15, -0.1) is 0 Å². The summed E-state index contributed by atoms with van der Waals surface area (Å²) in [7, 11) is 0. The third kappa shape index (κ3) is 3.76. The summed E-state index contributed by atoms with van der Waals surface area (Å²) in [6.07, 6.45) is -9.81. The molecule has 0 unspecified atom stereocenters. The van der Waals surface area contributed by atoms with Gasteiger partial charge in [0.2, 0.25) is 0 Å². The van der Waals surface area contributed by atoms with Gasteiger partial charge in [0.05, 0.1) is 23.3 Å². The number of rotatable bonds is 2. The molecule has 0 N–H and O–H groups in total. The van der Waals surface area contributed by atoms with E-state index in [1.165, 1.54) is 6.92 Å². The number of ether oxygens (including phenoxy) is 1. The predicted octanol–water partition coefficient (Wildman–Crippen LogP) is 4.51. The van der Waals surface area contributed by atoms with Crippen LogP contribution in [0.4, 0.5) is 26.3 Å². The van der Waals surface area contributed by atoms with Crippen LogP contribution in [0.2, 0.25) is 0 Å². The highest BCUT2D eigenvalue weighted by Gasteiger charge is 2.40. The van der Waals surface area contributed by atoms with E-state index in [1.807, 2.05) is 0 Å². The Kier molecular flexibility index (Phi) is 4.93. The number of benzene rings is 1. The minimum absolute atomic E-state index is 0.169. The molecule has 0 aromatic heterocycles. The Morgan fingerprint density at radius 2 is 1.60 bits per heavy atom. The van der Waals surface area contributed by atoms with Crippen LogP contribution in [0.5, 0.6) is 0 Å². The molecule has 1 rings (SSSR count). The van der Waals surface area contributed by atoms with Crippen molar-refractivity contribution in [3.63, 3.8) is 0 Å².